The Kier molecular flexibility index (Phi) is 12.6. The number of carbonyl (C=O) groups excluding carboxylic acids is 3. The molecule has 2 aromatic carbocycles. The summed E-state index contributed by atoms with van der Waals surface area (Å²) in [5.41, 5.74) is 1.95. The van der Waals surface area contributed by atoms with Crippen molar-refractivity contribution >= 4 is 47.1 Å². The molecule has 5 heterocycles. The van der Waals surface area contributed by atoms with E-state index < -0.39 is 46.6 Å². The van der Waals surface area contributed by atoms with Gasteiger partial charge in [0, 0.05) is 58.3 Å². The molecule has 0 unspecified atom stereocenters. The van der Waals surface area contributed by atoms with Crippen LogP contribution < -0.4 is 21.2 Å². The first-order valence-corrected chi connectivity index (χ1v) is 19.8. The van der Waals surface area contributed by atoms with Crippen LogP contribution in [0.4, 0.5) is 19.1 Å². The van der Waals surface area contributed by atoms with E-state index in [-0.39, 0.29) is 54.7 Å². The Morgan fingerprint density at radius 3 is 2.48 bits per heavy atom. The maximum Gasteiger partial charge on any atom is 0.329 e. The molecule has 2 aliphatic heterocycles. The van der Waals surface area contributed by atoms with Crippen molar-refractivity contribution in [1.29, 1.82) is 0 Å². The predicted octanol–water partition coefficient (Wildman–Crippen LogP) is 4.16. The van der Waals surface area contributed by atoms with E-state index in [0.717, 1.165) is 56.6 Å². The topological polar surface area (TPSA) is 194 Å². The summed E-state index contributed by atoms with van der Waals surface area (Å²) >= 11 is 0. The van der Waals surface area contributed by atoms with Crippen LogP contribution in [0.3, 0.4) is 0 Å². The molecule has 3 N–H and O–H groups in total. The van der Waals surface area contributed by atoms with E-state index in [1.807, 2.05) is 18.2 Å². The molecule has 3 amide bonds. The van der Waals surface area contributed by atoms with E-state index >= 15 is 0 Å². The average molecular weight is 853 g/mol. The van der Waals surface area contributed by atoms with E-state index in [2.05, 4.69) is 35.6 Å². The second-order valence-electron chi connectivity index (χ2n) is 15.4. The number of aromatic hydroxyl groups is 1. The number of fused-ring (bicyclic) bond motifs is 1. The molecule has 20 heteroatoms. The Morgan fingerprint density at radius 1 is 0.967 bits per heavy atom. The summed E-state index contributed by atoms with van der Waals surface area (Å²) in [5, 5.41) is 18.3. The van der Waals surface area contributed by atoms with Gasteiger partial charge in [0.25, 0.3) is 11.8 Å². The third-order valence-electron chi connectivity index (χ3n) is 11.7. The zero-order valence-electron chi connectivity index (χ0n) is 32.7. The number of anilines is 1. The maximum absolute atomic E-state index is 14.1. The normalized spacial score (nSPS) is 19.9. The Balaban J connectivity index is 0.00000544. The molecule has 0 radical (unpaired) electrons. The van der Waals surface area contributed by atoms with Crippen LogP contribution in [0.1, 0.15) is 78.7 Å². The SMILES string of the molecule is Cl.Cn1c(=O)n([C@@H]2CCC(=O)NC2=O)c2ccc(CCCN3CCN(c4nccc(-c5nc(C6CCC(CNC(=O)c7cc(F)c(O)c(F)c7F)CC6)no5)n4)CC3)cc21. The number of halogens is 4. The molecule has 1 aliphatic carbocycles. The smallest absolute Gasteiger partial charge is 0.329 e. The van der Waals surface area contributed by atoms with Gasteiger partial charge in [-0.05, 0) is 87.2 Å². The summed E-state index contributed by atoms with van der Waals surface area (Å²) in [5.74, 6) is -6.51. The quantitative estimate of drug-likeness (QED) is 0.127. The fourth-order valence-electron chi connectivity index (χ4n) is 8.30. The monoisotopic (exact) mass is 852 g/mol. The lowest BCUT2D eigenvalue weighted by Gasteiger charge is -2.34. The summed E-state index contributed by atoms with van der Waals surface area (Å²) in [7, 11) is 1.70. The molecular formula is C40H44ClF3N10O6. The lowest BCUT2D eigenvalue weighted by atomic mass is 9.81. The third kappa shape index (κ3) is 8.58. The number of phenols is 1. The van der Waals surface area contributed by atoms with Gasteiger partial charge in [-0.1, -0.05) is 11.2 Å². The van der Waals surface area contributed by atoms with Gasteiger partial charge in [0.05, 0.1) is 16.6 Å². The van der Waals surface area contributed by atoms with Crippen molar-refractivity contribution in [3.8, 4) is 17.3 Å². The molecule has 5 aromatic rings. The summed E-state index contributed by atoms with van der Waals surface area (Å²) in [6, 6.07) is 7.38. The number of piperazine rings is 1. The lowest BCUT2D eigenvalue weighted by molar-refractivity contribution is -0.135. The lowest BCUT2D eigenvalue weighted by Crippen LogP contribution is -2.47. The standard InChI is InChI=1S/C40H43F3N10O6.ClH/c1-50-30-19-22(6-9-28(30)53(40(50)58)29-10-11-31(54)47-37(29)57)3-2-14-51-15-17-52(18-16-51)39-44-13-12-27(46-39)38-48-35(49-59-38)24-7-4-23(5-8-24)21-45-36(56)25-20-26(41)34(55)33(43)32(25)42;/h6,9,12-13,19-20,23-24,29,55H,2-5,7-8,10-11,14-18,21H2,1H3,(H,45,56)(H,47,54,57);1H/t23?,24?,29-;/m1./s1. The van der Waals surface area contributed by atoms with Gasteiger partial charge in [-0.3, -0.25) is 33.7 Å². The highest BCUT2D eigenvalue weighted by Gasteiger charge is 2.32. The number of benzene rings is 2. The van der Waals surface area contributed by atoms with E-state index in [9.17, 15) is 37.5 Å². The van der Waals surface area contributed by atoms with Crippen molar-refractivity contribution in [3.63, 3.8) is 0 Å². The van der Waals surface area contributed by atoms with Crippen molar-refractivity contribution in [2.45, 2.75) is 63.3 Å². The van der Waals surface area contributed by atoms with Crippen LogP contribution in [-0.2, 0) is 23.1 Å². The second-order valence-corrected chi connectivity index (χ2v) is 15.4. The maximum atomic E-state index is 14.1. The van der Waals surface area contributed by atoms with Crippen molar-refractivity contribution in [3.05, 3.63) is 81.4 Å². The number of imide groups is 1. The molecule has 318 valence electrons. The minimum atomic E-state index is -1.80. The molecule has 16 nitrogen and oxygen atoms in total. The summed E-state index contributed by atoms with van der Waals surface area (Å²) in [6.07, 6.45) is 6.75. The molecule has 0 bridgehead atoms. The first-order chi connectivity index (χ1) is 28.4. The van der Waals surface area contributed by atoms with Crippen molar-refractivity contribution in [2.24, 2.45) is 13.0 Å². The minimum Gasteiger partial charge on any atom is -0.503 e. The molecule has 0 spiro atoms. The van der Waals surface area contributed by atoms with Crippen LogP contribution >= 0.6 is 12.4 Å². The zero-order chi connectivity index (χ0) is 41.4. The first kappa shape index (κ1) is 42.3. The molecular weight excluding hydrogens is 809 g/mol. The molecule has 1 saturated carbocycles. The molecule has 8 rings (SSSR count). The van der Waals surface area contributed by atoms with Crippen molar-refractivity contribution < 1.29 is 37.2 Å². The van der Waals surface area contributed by atoms with Crippen molar-refractivity contribution in [1.82, 2.24) is 44.8 Å². The van der Waals surface area contributed by atoms with Gasteiger partial charge in [-0.2, -0.15) is 9.37 Å². The van der Waals surface area contributed by atoms with E-state index in [1.54, 1.807) is 23.9 Å². The fraction of sp³-hybridized carbons (Fsp3) is 0.450. The van der Waals surface area contributed by atoms with Crippen LogP contribution in [0, 0.1) is 23.4 Å². The number of hydrogen-bond acceptors (Lipinski definition) is 12. The largest absolute Gasteiger partial charge is 0.503 e. The zero-order valence-corrected chi connectivity index (χ0v) is 33.5. The minimum absolute atomic E-state index is 0. The average Bonchev–Trinajstić information content (AvgIpc) is 3.84. The van der Waals surface area contributed by atoms with Crippen LogP contribution in [0.5, 0.6) is 5.75 Å². The predicted molar refractivity (Wildman–Crippen MR) is 213 cm³/mol. The molecule has 3 fully saturated rings. The van der Waals surface area contributed by atoms with Gasteiger partial charge in [-0.15, -0.1) is 12.4 Å². The molecule has 3 aromatic heterocycles. The van der Waals surface area contributed by atoms with Gasteiger partial charge in [0.2, 0.25) is 23.6 Å². The number of imidazole rings is 1. The number of aromatic nitrogens is 6. The Hall–Kier alpha value is -5.82. The Morgan fingerprint density at radius 2 is 1.73 bits per heavy atom. The number of hydrogen-bond donors (Lipinski definition) is 3. The van der Waals surface area contributed by atoms with Gasteiger partial charge in [0.1, 0.15) is 11.7 Å². The number of aryl methyl sites for hydroxylation is 2. The third-order valence-corrected chi connectivity index (χ3v) is 11.7. The Labute approximate surface area is 347 Å². The van der Waals surface area contributed by atoms with Gasteiger partial charge >= 0.3 is 5.69 Å². The number of piperidine rings is 1. The summed E-state index contributed by atoms with van der Waals surface area (Å²) < 4.78 is 50.2. The highest BCUT2D eigenvalue weighted by molar-refractivity contribution is 6.00. The van der Waals surface area contributed by atoms with E-state index in [4.69, 9.17) is 9.51 Å². The summed E-state index contributed by atoms with van der Waals surface area (Å²) in [6.45, 7) is 4.23. The second kappa shape index (κ2) is 17.8. The first-order valence-electron chi connectivity index (χ1n) is 19.8. The van der Waals surface area contributed by atoms with Crippen LogP contribution in [0.2, 0.25) is 0 Å². The molecule has 2 saturated heterocycles. The number of phenolic OH excluding ortho intramolecular Hbond substituents is 1. The number of amides is 3. The molecule has 60 heavy (non-hydrogen) atoms. The highest BCUT2D eigenvalue weighted by atomic mass is 35.5. The summed E-state index contributed by atoms with van der Waals surface area (Å²) in [4.78, 5) is 68.1. The van der Waals surface area contributed by atoms with Crippen LogP contribution in [-0.4, -0.2) is 96.2 Å². The van der Waals surface area contributed by atoms with E-state index in [1.165, 1.54) is 4.57 Å². The number of carbonyl (C=O) groups is 3. The highest BCUT2D eigenvalue weighted by Crippen LogP contribution is 2.35. The number of nitrogens with zero attached hydrogens (tertiary/aromatic N) is 8. The fourth-order valence-corrected chi connectivity index (χ4v) is 8.30. The van der Waals surface area contributed by atoms with Gasteiger partial charge in [0.15, 0.2) is 23.2 Å². The number of nitrogens with one attached hydrogen (secondary N) is 2. The van der Waals surface area contributed by atoms with Gasteiger partial charge in [-0.25, -0.2) is 23.5 Å². The van der Waals surface area contributed by atoms with Crippen LogP contribution in [0.25, 0.3) is 22.6 Å². The molecule has 1 atom stereocenters. The molecule has 3 aliphatic rings. The van der Waals surface area contributed by atoms with Crippen molar-refractivity contribution in [2.75, 3.05) is 44.2 Å². The number of rotatable bonds is 11. The van der Waals surface area contributed by atoms with Crippen LogP contribution in [0.15, 0.2) is 45.8 Å². The Bertz CT molecular complexity index is 2480. The van der Waals surface area contributed by atoms with Gasteiger partial charge < -0.3 is 19.8 Å². The van der Waals surface area contributed by atoms with E-state index in [0.29, 0.717) is 61.2 Å².